The lowest BCUT2D eigenvalue weighted by Gasteiger charge is -2.35. The number of fused-ring (bicyclic) bond motifs is 1. The Hall–Kier alpha value is -1.60. The highest BCUT2D eigenvalue weighted by Crippen LogP contribution is 2.32. The average molecular weight is 313 g/mol. The molecule has 2 aliphatic heterocycles. The molecule has 1 fully saturated rings. The molecule has 1 saturated heterocycles. The second-order valence-electron chi connectivity index (χ2n) is 5.18. The first-order valence-electron chi connectivity index (χ1n) is 6.82. The molecule has 1 atom stereocenters. The second kappa shape index (κ2) is 5.65. The Labute approximate surface area is 127 Å². The summed E-state index contributed by atoms with van der Waals surface area (Å²) >= 11 is 6.04. The van der Waals surface area contributed by atoms with Crippen molar-refractivity contribution < 1.29 is 14.3 Å². The molecule has 0 radical (unpaired) electrons. The summed E-state index contributed by atoms with van der Waals surface area (Å²) in [5.74, 6) is 0.798. The van der Waals surface area contributed by atoms with Gasteiger partial charge in [0.25, 0.3) is 0 Å². The van der Waals surface area contributed by atoms with E-state index in [4.69, 9.17) is 21.1 Å². The maximum absolute atomic E-state index is 11.7. The quantitative estimate of drug-likeness (QED) is 0.731. The van der Waals surface area contributed by atoms with Crippen LogP contribution in [0.2, 0.25) is 5.28 Å². The van der Waals surface area contributed by atoms with Crippen LogP contribution in [0.5, 0.6) is 0 Å². The highest BCUT2D eigenvalue weighted by Gasteiger charge is 2.32. The molecule has 114 valence electrons. The Morgan fingerprint density at radius 2 is 2.24 bits per heavy atom. The van der Waals surface area contributed by atoms with E-state index in [1.807, 2.05) is 0 Å². The van der Waals surface area contributed by atoms with Crippen LogP contribution in [0.1, 0.15) is 18.2 Å². The molecule has 8 heteroatoms. The maximum atomic E-state index is 11.7. The molecule has 21 heavy (non-hydrogen) atoms. The number of nitrogens with zero attached hydrogens (tertiary/aromatic N) is 4. The van der Waals surface area contributed by atoms with E-state index in [2.05, 4.69) is 21.8 Å². The number of anilines is 1. The fraction of sp³-hybridized carbons (Fsp3) is 0.615. The van der Waals surface area contributed by atoms with Gasteiger partial charge in [0.1, 0.15) is 5.82 Å². The number of ether oxygens (including phenoxy) is 2. The van der Waals surface area contributed by atoms with Crippen molar-refractivity contribution in [3.63, 3.8) is 0 Å². The van der Waals surface area contributed by atoms with Crippen LogP contribution in [-0.2, 0) is 22.6 Å². The van der Waals surface area contributed by atoms with Crippen LogP contribution in [0.25, 0.3) is 0 Å². The molecular weight excluding hydrogens is 296 g/mol. The van der Waals surface area contributed by atoms with Crippen LogP contribution in [0.3, 0.4) is 0 Å². The van der Waals surface area contributed by atoms with Crippen molar-refractivity contribution in [1.82, 2.24) is 14.9 Å². The highest BCUT2D eigenvalue weighted by atomic mass is 35.5. The van der Waals surface area contributed by atoms with Crippen molar-refractivity contribution in [2.75, 3.05) is 31.8 Å². The number of methoxy groups -OCH3 is 1. The van der Waals surface area contributed by atoms with Crippen LogP contribution < -0.4 is 4.90 Å². The van der Waals surface area contributed by atoms with Crippen LogP contribution in [0.15, 0.2) is 0 Å². The molecular formula is C13H17ClN4O3. The summed E-state index contributed by atoms with van der Waals surface area (Å²) in [5.41, 5.74) is 1.73. The smallest absolute Gasteiger partial charge is 0.410 e. The summed E-state index contributed by atoms with van der Waals surface area (Å²) in [5, 5.41) is 0.203. The van der Waals surface area contributed by atoms with Crippen molar-refractivity contribution in [3.05, 3.63) is 16.5 Å². The normalized spacial score (nSPS) is 21.4. The van der Waals surface area contributed by atoms with Crippen molar-refractivity contribution in [2.24, 2.45) is 0 Å². The molecule has 0 N–H and O–H groups in total. The predicted molar refractivity (Wildman–Crippen MR) is 76.3 cm³/mol. The monoisotopic (exact) mass is 312 g/mol. The molecule has 1 aromatic rings. The first kappa shape index (κ1) is 14.3. The van der Waals surface area contributed by atoms with Crippen LogP contribution in [0, 0.1) is 0 Å². The highest BCUT2D eigenvalue weighted by molar-refractivity contribution is 6.28. The molecule has 0 spiro atoms. The van der Waals surface area contributed by atoms with Gasteiger partial charge in [0.15, 0.2) is 0 Å². The van der Waals surface area contributed by atoms with E-state index in [-0.39, 0.29) is 17.4 Å². The number of hydrogen-bond acceptors (Lipinski definition) is 6. The van der Waals surface area contributed by atoms with E-state index in [0.29, 0.717) is 26.3 Å². The fourth-order valence-electron chi connectivity index (χ4n) is 2.75. The third-order valence-electron chi connectivity index (χ3n) is 3.81. The minimum Gasteiger partial charge on any atom is -0.453 e. The Kier molecular flexibility index (Phi) is 3.86. The molecule has 7 nitrogen and oxygen atoms in total. The number of rotatable bonds is 1. The molecule has 2 aliphatic rings. The lowest BCUT2D eigenvalue weighted by atomic mass is 10.2. The van der Waals surface area contributed by atoms with E-state index in [0.717, 1.165) is 23.6 Å². The van der Waals surface area contributed by atoms with Gasteiger partial charge in [-0.15, -0.1) is 0 Å². The van der Waals surface area contributed by atoms with Gasteiger partial charge in [0, 0.05) is 12.1 Å². The van der Waals surface area contributed by atoms with Crippen LogP contribution in [-0.4, -0.2) is 53.9 Å². The standard InChI is InChI=1S/C13H17ClN4O3/c1-8-7-21-4-3-18(8)11-9-5-17(13(19)20-2)6-10(9)15-12(14)16-11/h8H,3-7H2,1-2H3/t8-/m0/s1. The number of carbonyl (C=O) groups is 1. The van der Waals surface area contributed by atoms with Gasteiger partial charge in [0.2, 0.25) is 5.28 Å². The molecule has 0 bridgehead atoms. The van der Waals surface area contributed by atoms with Gasteiger partial charge in [-0.1, -0.05) is 0 Å². The average Bonchev–Trinajstić information content (AvgIpc) is 2.90. The van der Waals surface area contributed by atoms with Gasteiger partial charge in [-0.25, -0.2) is 14.8 Å². The lowest BCUT2D eigenvalue weighted by Crippen LogP contribution is -2.44. The largest absolute Gasteiger partial charge is 0.453 e. The van der Waals surface area contributed by atoms with Gasteiger partial charge >= 0.3 is 6.09 Å². The van der Waals surface area contributed by atoms with Gasteiger partial charge in [-0.2, -0.15) is 0 Å². The Morgan fingerprint density at radius 1 is 1.43 bits per heavy atom. The summed E-state index contributed by atoms with van der Waals surface area (Å²) in [7, 11) is 1.37. The number of morpholine rings is 1. The first-order valence-corrected chi connectivity index (χ1v) is 7.20. The zero-order valence-electron chi connectivity index (χ0n) is 12.0. The number of hydrogen-bond donors (Lipinski definition) is 0. The van der Waals surface area contributed by atoms with Crippen LogP contribution >= 0.6 is 11.6 Å². The molecule has 0 saturated carbocycles. The third kappa shape index (κ3) is 2.63. The first-order chi connectivity index (χ1) is 10.1. The fourth-order valence-corrected chi connectivity index (χ4v) is 2.93. The zero-order chi connectivity index (χ0) is 15.0. The van der Waals surface area contributed by atoms with Crippen molar-refractivity contribution in [2.45, 2.75) is 26.1 Å². The van der Waals surface area contributed by atoms with E-state index >= 15 is 0 Å². The minimum atomic E-state index is -0.370. The topological polar surface area (TPSA) is 67.8 Å². The van der Waals surface area contributed by atoms with Gasteiger partial charge < -0.3 is 14.4 Å². The Balaban J connectivity index is 1.95. The molecule has 1 aromatic heterocycles. The minimum absolute atomic E-state index is 0.203. The molecule has 1 amide bonds. The summed E-state index contributed by atoms with van der Waals surface area (Å²) in [4.78, 5) is 24.1. The molecule has 0 unspecified atom stereocenters. The summed E-state index contributed by atoms with van der Waals surface area (Å²) < 4.78 is 10.2. The number of carbonyl (C=O) groups excluding carboxylic acids is 1. The molecule has 0 aliphatic carbocycles. The Bertz CT molecular complexity index is 569. The van der Waals surface area contributed by atoms with Crippen molar-refractivity contribution in [3.8, 4) is 0 Å². The van der Waals surface area contributed by atoms with Gasteiger partial charge in [0.05, 0.1) is 45.1 Å². The summed E-state index contributed by atoms with van der Waals surface area (Å²) in [6.07, 6.45) is -0.370. The number of aromatic nitrogens is 2. The Morgan fingerprint density at radius 3 is 2.95 bits per heavy atom. The molecule has 3 rings (SSSR count). The van der Waals surface area contributed by atoms with Gasteiger partial charge in [-0.05, 0) is 18.5 Å². The van der Waals surface area contributed by atoms with Crippen molar-refractivity contribution in [1.29, 1.82) is 0 Å². The number of halogens is 1. The second-order valence-corrected chi connectivity index (χ2v) is 5.52. The van der Waals surface area contributed by atoms with E-state index < -0.39 is 0 Å². The summed E-state index contributed by atoms with van der Waals surface area (Å²) in [6.45, 7) is 4.97. The molecule has 3 heterocycles. The van der Waals surface area contributed by atoms with Crippen molar-refractivity contribution >= 4 is 23.5 Å². The molecule has 0 aromatic carbocycles. The van der Waals surface area contributed by atoms with E-state index in [9.17, 15) is 4.79 Å². The SMILES string of the molecule is COC(=O)N1Cc2nc(Cl)nc(N3CCOC[C@@H]3C)c2C1. The lowest BCUT2D eigenvalue weighted by molar-refractivity contribution is 0.0983. The van der Waals surface area contributed by atoms with E-state index in [1.54, 1.807) is 4.90 Å². The third-order valence-corrected chi connectivity index (χ3v) is 3.97. The summed E-state index contributed by atoms with van der Waals surface area (Å²) in [6, 6.07) is 0.209. The predicted octanol–water partition coefficient (Wildman–Crippen LogP) is 1.44. The van der Waals surface area contributed by atoms with Gasteiger partial charge in [-0.3, -0.25) is 4.90 Å². The zero-order valence-corrected chi connectivity index (χ0v) is 12.8. The number of amides is 1. The maximum Gasteiger partial charge on any atom is 0.410 e. The van der Waals surface area contributed by atoms with Crippen LogP contribution in [0.4, 0.5) is 10.6 Å². The van der Waals surface area contributed by atoms with E-state index in [1.165, 1.54) is 7.11 Å².